The highest BCUT2D eigenvalue weighted by Gasteiger charge is 2.15. The van der Waals surface area contributed by atoms with Crippen LogP contribution in [0.15, 0.2) is 77.3 Å². The van der Waals surface area contributed by atoms with Crippen LogP contribution in [-0.2, 0) is 13.0 Å². The molecule has 0 fully saturated rings. The van der Waals surface area contributed by atoms with Gasteiger partial charge in [0.2, 0.25) is 0 Å². The molecule has 7 heteroatoms. The van der Waals surface area contributed by atoms with Crippen molar-refractivity contribution in [3.8, 4) is 11.5 Å². The molecule has 0 aliphatic carbocycles. The molecule has 0 atom stereocenters. The Kier molecular flexibility index (Phi) is 8.44. The van der Waals surface area contributed by atoms with E-state index in [1.54, 1.807) is 19.2 Å². The molecule has 0 bridgehead atoms. The lowest BCUT2D eigenvalue weighted by atomic mass is 10.1. The molecule has 0 saturated heterocycles. The first-order chi connectivity index (χ1) is 15.0. The fourth-order valence-corrected chi connectivity index (χ4v) is 3.40. The summed E-state index contributed by atoms with van der Waals surface area (Å²) in [7, 11) is 1.62. The Labute approximate surface area is 195 Å². The van der Waals surface area contributed by atoms with Crippen molar-refractivity contribution in [2.75, 3.05) is 13.7 Å². The Morgan fingerprint density at radius 3 is 2.45 bits per heavy atom. The third-order valence-corrected chi connectivity index (χ3v) is 5.26. The van der Waals surface area contributed by atoms with E-state index in [4.69, 9.17) is 21.7 Å². The second-order valence-electron chi connectivity index (χ2n) is 6.71. The van der Waals surface area contributed by atoms with E-state index in [9.17, 15) is 4.79 Å². The van der Waals surface area contributed by atoms with Crippen LogP contribution in [0.2, 0.25) is 0 Å². The zero-order chi connectivity index (χ0) is 22.1. The first kappa shape index (κ1) is 22.8. The summed E-state index contributed by atoms with van der Waals surface area (Å²) < 4.78 is 11.8. The van der Waals surface area contributed by atoms with Gasteiger partial charge in [0, 0.05) is 17.4 Å². The zero-order valence-corrected chi connectivity index (χ0v) is 19.5. The molecule has 0 heterocycles. The van der Waals surface area contributed by atoms with E-state index in [-0.39, 0.29) is 11.0 Å². The van der Waals surface area contributed by atoms with Crippen LogP contribution in [0.25, 0.3) is 0 Å². The molecule has 2 N–H and O–H groups in total. The van der Waals surface area contributed by atoms with Crippen LogP contribution in [-0.4, -0.2) is 24.7 Å². The number of carbonyl (C=O) groups excluding carboxylic acids is 1. The Morgan fingerprint density at radius 1 is 1.00 bits per heavy atom. The number of hydrogen-bond donors (Lipinski definition) is 2. The molecule has 3 aromatic carbocycles. The van der Waals surface area contributed by atoms with Crippen LogP contribution in [0.5, 0.6) is 11.5 Å². The van der Waals surface area contributed by atoms with Crippen LogP contribution in [0.3, 0.4) is 0 Å². The van der Waals surface area contributed by atoms with E-state index in [2.05, 4.69) is 26.6 Å². The average Bonchev–Trinajstić information content (AvgIpc) is 2.79. The highest BCUT2D eigenvalue weighted by molar-refractivity contribution is 9.10. The molecule has 0 aliphatic heterocycles. The Hall–Kier alpha value is -2.90. The van der Waals surface area contributed by atoms with Gasteiger partial charge in [-0.15, -0.1) is 0 Å². The van der Waals surface area contributed by atoms with Gasteiger partial charge in [-0.1, -0.05) is 58.4 Å². The molecular weight excluding hydrogens is 476 g/mol. The van der Waals surface area contributed by atoms with Gasteiger partial charge in [-0.05, 0) is 53.7 Å². The van der Waals surface area contributed by atoms with Crippen molar-refractivity contribution in [1.29, 1.82) is 0 Å². The molecule has 3 aromatic rings. The third-order valence-electron chi connectivity index (χ3n) is 4.52. The largest absolute Gasteiger partial charge is 0.497 e. The number of thiocarbonyl (C=S) groups is 1. The van der Waals surface area contributed by atoms with E-state index in [1.807, 2.05) is 60.7 Å². The minimum atomic E-state index is -0.330. The molecule has 0 radical (unpaired) electrons. The molecule has 0 spiro atoms. The third kappa shape index (κ3) is 7.08. The minimum absolute atomic E-state index is 0.246. The molecule has 0 saturated carbocycles. The number of halogens is 1. The van der Waals surface area contributed by atoms with E-state index < -0.39 is 0 Å². The lowest BCUT2D eigenvalue weighted by Crippen LogP contribution is -2.39. The van der Waals surface area contributed by atoms with Crippen molar-refractivity contribution in [1.82, 2.24) is 10.6 Å². The Bertz CT molecular complexity index is 1030. The van der Waals surface area contributed by atoms with E-state index >= 15 is 0 Å². The van der Waals surface area contributed by atoms with Crippen molar-refractivity contribution in [3.63, 3.8) is 0 Å². The number of rotatable bonds is 8. The van der Waals surface area contributed by atoms with Crippen molar-refractivity contribution >= 4 is 39.2 Å². The summed E-state index contributed by atoms with van der Waals surface area (Å²) in [5.41, 5.74) is 2.61. The van der Waals surface area contributed by atoms with Gasteiger partial charge in [-0.25, -0.2) is 0 Å². The highest BCUT2D eigenvalue weighted by atomic mass is 79.9. The van der Waals surface area contributed by atoms with Crippen LogP contribution in [0.4, 0.5) is 0 Å². The maximum atomic E-state index is 12.8. The van der Waals surface area contributed by atoms with Gasteiger partial charge in [0.1, 0.15) is 11.5 Å². The van der Waals surface area contributed by atoms with Crippen molar-refractivity contribution in [2.24, 2.45) is 0 Å². The molecule has 160 valence electrons. The first-order valence-corrected chi connectivity index (χ1v) is 10.9. The number of carbonyl (C=O) groups is 1. The van der Waals surface area contributed by atoms with Crippen LogP contribution in [0.1, 0.15) is 21.5 Å². The van der Waals surface area contributed by atoms with Crippen molar-refractivity contribution in [2.45, 2.75) is 13.0 Å². The monoisotopic (exact) mass is 498 g/mol. The van der Waals surface area contributed by atoms with Gasteiger partial charge in [-0.2, -0.15) is 0 Å². The summed E-state index contributed by atoms with van der Waals surface area (Å²) in [4.78, 5) is 12.8. The molecule has 0 aliphatic rings. The van der Waals surface area contributed by atoms with Gasteiger partial charge in [0.05, 0.1) is 19.3 Å². The number of amides is 1. The number of hydrogen-bond acceptors (Lipinski definition) is 4. The minimum Gasteiger partial charge on any atom is -0.497 e. The standard InChI is InChI=1S/C24H23BrN2O3S/c1-29-20-10-7-18(8-11-20)16-26-24(31)27-23(28)21-15-19(25)9-12-22(21)30-14-13-17-5-3-2-4-6-17/h2-12,15H,13-14,16H2,1H3,(H2,26,27,28,31). The lowest BCUT2D eigenvalue weighted by molar-refractivity contribution is 0.0972. The van der Waals surface area contributed by atoms with Crippen molar-refractivity contribution in [3.05, 3.63) is 94.0 Å². The first-order valence-electron chi connectivity index (χ1n) is 9.73. The molecule has 31 heavy (non-hydrogen) atoms. The molecule has 0 aromatic heterocycles. The molecule has 1 amide bonds. The maximum Gasteiger partial charge on any atom is 0.261 e. The van der Waals surface area contributed by atoms with Gasteiger partial charge < -0.3 is 14.8 Å². The summed E-state index contributed by atoms with van der Waals surface area (Å²) in [6.45, 7) is 0.952. The molecule has 3 rings (SSSR count). The van der Waals surface area contributed by atoms with E-state index in [1.165, 1.54) is 5.56 Å². The molecule has 0 unspecified atom stereocenters. The summed E-state index contributed by atoms with van der Waals surface area (Å²) in [6.07, 6.45) is 0.750. The summed E-state index contributed by atoms with van der Waals surface area (Å²) in [5.74, 6) is 0.965. The Balaban J connectivity index is 1.56. The highest BCUT2D eigenvalue weighted by Crippen LogP contribution is 2.23. The second-order valence-corrected chi connectivity index (χ2v) is 8.03. The number of ether oxygens (including phenoxy) is 2. The maximum absolute atomic E-state index is 12.8. The summed E-state index contributed by atoms with van der Waals surface area (Å²) in [5, 5.41) is 6.01. The second kappa shape index (κ2) is 11.5. The number of nitrogens with one attached hydrogen (secondary N) is 2. The van der Waals surface area contributed by atoms with Gasteiger partial charge >= 0.3 is 0 Å². The van der Waals surface area contributed by atoms with Gasteiger partial charge in [-0.3, -0.25) is 10.1 Å². The fraction of sp³-hybridized carbons (Fsp3) is 0.167. The zero-order valence-electron chi connectivity index (χ0n) is 17.1. The van der Waals surface area contributed by atoms with Gasteiger partial charge in [0.15, 0.2) is 5.11 Å². The quantitative estimate of drug-likeness (QED) is 0.433. The predicted molar refractivity (Wildman–Crippen MR) is 130 cm³/mol. The van der Waals surface area contributed by atoms with Gasteiger partial charge in [0.25, 0.3) is 5.91 Å². The predicted octanol–water partition coefficient (Wildman–Crippen LogP) is 4.88. The average molecular weight is 499 g/mol. The van der Waals surface area contributed by atoms with Crippen LogP contribution < -0.4 is 20.1 Å². The number of benzene rings is 3. The molecule has 5 nitrogen and oxygen atoms in total. The lowest BCUT2D eigenvalue weighted by Gasteiger charge is -2.14. The summed E-state index contributed by atoms with van der Waals surface area (Å²) >= 11 is 8.70. The van der Waals surface area contributed by atoms with Crippen LogP contribution in [0, 0.1) is 0 Å². The Morgan fingerprint density at radius 2 is 1.74 bits per heavy atom. The topological polar surface area (TPSA) is 59.6 Å². The van der Waals surface area contributed by atoms with E-state index in [0.29, 0.717) is 24.5 Å². The summed E-state index contributed by atoms with van der Waals surface area (Å²) in [6, 6.07) is 23.0. The van der Waals surface area contributed by atoms with Crippen molar-refractivity contribution < 1.29 is 14.3 Å². The smallest absolute Gasteiger partial charge is 0.261 e. The van der Waals surface area contributed by atoms with E-state index in [0.717, 1.165) is 22.2 Å². The fourth-order valence-electron chi connectivity index (χ4n) is 2.87. The SMILES string of the molecule is COc1ccc(CNC(=S)NC(=O)c2cc(Br)ccc2OCCc2ccccc2)cc1. The normalized spacial score (nSPS) is 10.3. The number of methoxy groups -OCH3 is 1. The molecular formula is C24H23BrN2O3S. The van der Waals surface area contributed by atoms with Crippen LogP contribution >= 0.6 is 28.1 Å².